The molecule has 2 N–H and O–H groups in total. The van der Waals surface area contributed by atoms with Gasteiger partial charge in [0.2, 0.25) is 0 Å². The summed E-state index contributed by atoms with van der Waals surface area (Å²) in [6.07, 6.45) is 1.35. The van der Waals surface area contributed by atoms with Gasteiger partial charge in [-0.15, -0.1) is 11.3 Å². The molecule has 0 aliphatic heterocycles. The van der Waals surface area contributed by atoms with Crippen molar-refractivity contribution in [2.24, 2.45) is 0 Å². The monoisotopic (exact) mass is 509 g/mol. The zero-order valence-corrected chi connectivity index (χ0v) is 21.9. The molecule has 2 heterocycles. The van der Waals surface area contributed by atoms with E-state index in [1.165, 1.54) is 11.3 Å². The lowest BCUT2D eigenvalue weighted by Crippen LogP contribution is -2.16. The van der Waals surface area contributed by atoms with Crippen LogP contribution >= 0.6 is 18.9 Å². The van der Waals surface area contributed by atoms with Crippen molar-refractivity contribution in [2.45, 2.75) is 40.7 Å². The maximum atomic E-state index is 12.0. The molecule has 3 aromatic rings. The highest BCUT2D eigenvalue weighted by Gasteiger charge is 2.21. The van der Waals surface area contributed by atoms with E-state index < -0.39 is 13.6 Å². The summed E-state index contributed by atoms with van der Waals surface area (Å²) in [6.45, 7) is 8.84. The molecule has 11 heteroatoms. The third kappa shape index (κ3) is 7.77. The van der Waals surface area contributed by atoms with Crippen LogP contribution in [0.15, 0.2) is 35.1 Å². The van der Waals surface area contributed by atoms with Gasteiger partial charge in [-0.1, -0.05) is 13.0 Å². The van der Waals surface area contributed by atoms with Crippen molar-refractivity contribution < 1.29 is 23.5 Å². The largest absolute Gasteiger partial charge is 0.477 e. The topological polar surface area (TPSA) is 122 Å². The van der Waals surface area contributed by atoms with Crippen molar-refractivity contribution in [2.75, 3.05) is 31.3 Å². The number of aromatic amines is 1. The summed E-state index contributed by atoms with van der Waals surface area (Å²) in [5, 5.41) is 10.4. The summed E-state index contributed by atoms with van der Waals surface area (Å²) >= 11 is 1.22. The molecule has 0 unspecified atom stereocenters. The minimum Gasteiger partial charge on any atom is -0.477 e. The van der Waals surface area contributed by atoms with Crippen LogP contribution < -0.4 is 10.5 Å². The van der Waals surface area contributed by atoms with Gasteiger partial charge in [-0.25, -0.2) is 9.78 Å². The van der Waals surface area contributed by atoms with Gasteiger partial charge in [0.05, 0.1) is 29.1 Å². The van der Waals surface area contributed by atoms with E-state index in [1.807, 2.05) is 50.9 Å². The lowest BCUT2D eigenvalue weighted by molar-refractivity contribution is 0.0702. The van der Waals surface area contributed by atoms with Crippen LogP contribution in [0, 0.1) is 6.92 Å². The van der Waals surface area contributed by atoms with Gasteiger partial charge in [-0.3, -0.25) is 9.36 Å². The zero-order valence-electron chi connectivity index (χ0n) is 20.2. The summed E-state index contributed by atoms with van der Waals surface area (Å²) < 4.78 is 21.7. The Bertz CT molecular complexity index is 1190. The van der Waals surface area contributed by atoms with Gasteiger partial charge in [0, 0.05) is 19.8 Å². The van der Waals surface area contributed by atoms with Gasteiger partial charge in [0.25, 0.3) is 5.56 Å². The Labute approximate surface area is 203 Å². The Morgan fingerprint density at radius 3 is 2.41 bits per heavy atom. The van der Waals surface area contributed by atoms with Gasteiger partial charge >= 0.3 is 13.6 Å². The first-order chi connectivity index (χ1) is 16.1. The Hall–Kier alpha value is -2.52. The number of rotatable bonds is 10. The summed E-state index contributed by atoms with van der Waals surface area (Å²) in [7, 11) is -0.831. The highest BCUT2D eigenvalue weighted by molar-refractivity contribution is 7.53. The predicted octanol–water partition coefficient (Wildman–Crippen LogP) is 5.29. The number of hydrogen-bond acceptors (Lipinski definition) is 8. The molecule has 2 aromatic heterocycles. The predicted molar refractivity (Wildman–Crippen MR) is 137 cm³/mol. The number of aryl methyl sites for hydroxylation is 1. The highest BCUT2D eigenvalue weighted by Crippen LogP contribution is 2.48. The van der Waals surface area contributed by atoms with Crippen molar-refractivity contribution in [1.29, 1.82) is 0 Å². The molecule has 0 fully saturated rings. The number of hydrogen-bond donors (Lipinski definition) is 2. The first-order valence-corrected chi connectivity index (χ1v) is 13.6. The van der Waals surface area contributed by atoms with Gasteiger partial charge in [0.15, 0.2) is 0 Å². The minimum absolute atomic E-state index is 0.152. The van der Waals surface area contributed by atoms with E-state index in [0.29, 0.717) is 47.5 Å². The summed E-state index contributed by atoms with van der Waals surface area (Å²) in [5.41, 5.74) is 1.48. The Kier molecular flexibility index (Phi) is 10.4. The van der Waals surface area contributed by atoms with E-state index in [2.05, 4.69) is 9.97 Å². The van der Waals surface area contributed by atoms with Crippen LogP contribution in [-0.2, 0) is 20.2 Å². The summed E-state index contributed by atoms with van der Waals surface area (Å²) in [5.74, 6) is -0.333. The standard InChI is InChI=1S/C16H15N3O3S.C7H17O3P/c1-9-17-12-4-3-10(7-11(12)15(20)18-9)8-19(2)14-6-5-13(23-14)16(21)22;1-4-7-11(8,9-5-2)10-6-3/h3-7H,8H2,1-2H3,(H,21,22)(H,17,18,20);4-7H2,1-3H3. The maximum Gasteiger partial charge on any atom is 0.345 e. The Morgan fingerprint density at radius 1 is 1.18 bits per heavy atom. The molecule has 0 spiro atoms. The van der Waals surface area contributed by atoms with Crippen LogP contribution in [-0.4, -0.2) is 47.5 Å². The normalized spacial score (nSPS) is 11.2. The molecule has 9 nitrogen and oxygen atoms in total. The van der Waals surface area contributed by atoms with Crippen LogP contribution in [0.4, 0.5) is 5.00 Å². The van der Waals surface area contributed by atoms with E-state index in [0.717, 1.165) is 17.0 Å². The van der Waals surface area contributed by atoms with Crippen molar-refractivity contribution >= 4 is 40.8 Å². The average Bonchev–Trinajstić information content (AvgIpc) is 3.26. The number of benzene rings is 1. The molecule has 0 amide bonds. The number of fused-ring (bicyclic) bond motifs is 1. The molecular formula is C23H32N3O6PS. The van der Waals surface area contributed by atoms with Crippen LogP contribution in [0.2, 0.25) is 0 Å². The van der Waals surface area contributed by atoms with Crippen LogP contribution in [0.3, 0.4) is 0 Å². The lowest BCUT2D eigenvalue weighted by atomic mass is 10.1. The summed E-state index contributed by atoms with van der Waals surface area (Å²) in [4.78, 5) is 32.2. The van der Waals surface area contributed by atoms with Crippen LogP contribution in [0.1, 0.15) is 48.3 Å². The summed E-state index contributed by atoms with van der Waals surface area (Å²) in [6, 6.07) is 8.96. The molecular weight excluding hydrogens is 477 g/mol. The van der Waals surface area contributed by atoms with Gasteiger partial charge in [-0.2, -0.15) is 0 Å². The third-order valence-corrected chi connectivity index (χ3v) is 8.12. The zero-order chi connectivity index (χ0) is 25.3. The smallest absolute Gasteiger partial charge is 0.345 e. The number of H-pyrrole nitrogens is 1. The minimum atomic E-state index is -2.72. The molecule has 186 valence electrons. The van der Waals surface area contributed by atoms with E-state index in [9.17, 15) is 14.2 Å². The molecule has 0 atom stereocenters. The van der Waals surface area contributed by atoms with Crippen LogP contribution in [0.5, 0.6) is 0 Å². The van der Waals surface area contributed by atoms with Gasteiger partial charge < -0.3 is 24.0 Å². The molecule has 0 saturated heterocycles. The molecule has 0 aliphatic carbocycles. The highest BCUT2D eigenvalue weighted by atomic mass is 32.1. The fraction of sp³-hybridized carbons (Fsp3) is 0.435. The first-order valence-electron chi connectivity index (χ1n) is 11.0. The molecule has 1 aromatic carbocycles. The number of anilines is 1. The number of thiophene rings is 1. The van der Waals surface area contributed by atoms with Crippen molar-refractivity contribution in [3.8, 4) is 0 Å². The van der Waals surface area contributed by atoms with Crippen LogP contribution in [0.25, 0.3) is 10.9 Å². The van der Waals surface area contributed by atoms with Gasteiger partial charge in [0.1, 0.15) is 10.7 Å². The second kappa shape index (κ2) is 12.8. The quantitative estimate of drug-likeness (QED) is 0.354. The SMILES string of the molecule is CCCP(=O)(OCC)OCC.Cc1nc2ccc(CN(C)c3ccc(C(=O)O)s3)cc2c(=O)[nH]1. The maximum absolute atomic E-state index is 12.0. The fourth-order valence-corrected chi connectivity index (χ4v) is 5.71. The van der Waals surface area contributed by atoms with E-state index in [1.54, 1.807) is 19.1 Å². The Balaban J connectivity index is 0.000000316. The van der Waals surface area contributed by atoms with E-state index in [4.69, 9.17) is 14.2 Å². The van der Waals surface area contributed by atoms with Gasteiger partial charge in [-0.05, 0) is 57.0 Å². The molecule has 34 heavy (non-hydrogen) atoms. The van der Waals surface area contributed by atoms with Crippen molar-refractivity contribution in [3.63, 3.8) is 0 Å². The molecule has 0 aliphatic rings. The molecule has 3 rings (SSSR count). The van der Waals surface area contributed by atoms with E-state index in [-0.39, 0.29) is 5.56 Å². The second-order valence-electron chi connectivity index (χ2n) is 7.47. The van der Waals surface area contributed by atoms with Crippen molar-refractivity contribution in [3.05, 3.63) is 57.0 Å². The molecule has 0 bridgehead atoms. The number of nitrogens with one attached hydrogen (secondary N) is 1. The first kappa shape index (κ1) is 27.7. The molecule has 0 radical (unpaired) electrons. The number of aromatic nitrogens is 2. The fourth-order valence-electron chi connectivity index (χ4n) is 3.23. The number of carbonyl (C=O) groups is 1. The third-order valence-electron chi connectivity index (χ3n) is 4.64. The lowest BCUT2D eigenvalue weighted by Gasteiger charge is -2.17. The average molecular weight is 510 g/mol. The number of carboxylic acids is 1. The number of nitrogens with zero attached hydrogens (tertiary/aromatic N) is 2. The number of carboxylic acid groups (broad SMARTS) is 1. The number of aromatic carboxylic acids is 1. The second-order valence-corrected chi connectivity index (χ2v) is 10.7. The molecule has 0 saturated carbocycles. The Morgan fingerprint density at radius 2 is 1.85 bits per heavy atom. The van der Waals surface area contributed by atoms with E-state index >= 15 is 0 Å². The van der Waals surface area contributed by atoms with Crippen molar-refractivity contribution in [1.82, 2.24) is 9.97 Å².